The standard InChI is InChI=1S/C35H25N3O2/c39-32-22-13-4-5-14-23(22)33(40)34(32)29(21-11-2-1-3-12-21)28-19-10-20-38(28)35(34)25-16-7-6-15-24(25)30-31(35)37-27-18-9-8-17-26(27)36-30/h1-9,11-18,28-29H,10,19-20H2/t28-,29-,35+/m0/s1. The smallest absolute Gasteiger partial charge is 0.180 e. The Bertz CT molecular complexity index is 1880. The summed E-state index contributed by atoms with van der Waals surface area (Å²) in [7, 11) is 0. The Labute approximate surface area is 231 Å². The van der Waals surface area contributed by atoms with E-state index in [0.29, 0.717) is 11.1 Å². The van der Waals surface area contributed by atoms with E-state index in [-0.39, 0.29) is 23.5 Å². The molecule has 1 aromatic heterocycles. The van der Waals surface area contributed by atoms with E-state index >= 15 is 9.59 Å². The molecule has 5 heteroatoms. The fourth-order valence-electron chi connectivity index (χ4n) is 8.71. The fourth-order valence-corrected chi connectivity index (χ4v) is 8.71. The molecule has 2 saturated heterocycles. The molecule has 0 radical (unpaired) electrons. The zero-order valence-electron chi connectivity index (χ0n) is 21.7. The normalized spacial score (nSPS) is 25.5. The minimum atomic E-state index is -1.40. The number of ketones is 2. The average molecular weight is 520 g/mol. The summed E-state index contributed by atoms with van der Waals surface area (Å²) in [6, 6.07) is 33.8. The molecule has 4 aliphatic rings. The zero-order valence-corrected chi connectivity index (χ0v) is 21.7. The number of hydrogen-bond acceptors (Lipinski definition) is 5. The lowest BCUT2D eigenvalue weighted by molar-refractivity contribution is 0.0428. The molecule has 2 aliphatic carbocycles. The highest BCUT2D eigenvalue weighted by Gasteiger charge is 2.80. The maximum atomic E-state index is 15.2. The van der Waals surface area contributed by atoms with Crippen molar-refractivity contribution in [3.05, 3.63) is 131 Å². The summed E-state index contributed by atoms with van der Waals surface area (Å²) in [5.41, 5.74) is 4.66. The molecule has 9 rings (SSSR count). The third kappa shape index (κ3) is 2.32. The fraction of sp³-hybridized carbons (Fsp3) is 0.200. The van der Waals surface area contributed by atoms with Crippen LogP contribution in [0, 0.1) is 5.41 Å². The topological polar surface area (TPSA) is 63.2 Å². The van der Waals surface area contributed by atoms with Crippen molar-refractivity contribution < 1.29 is 9.59 Å². The van der Waals surface area contributed by atoms with Gasteiger partial charge in [-0.2, -0.15) is 0 Å². The van der Waals surface area contributed by atoms with E-state index < -0.39 is 11.0 Å². The molecule has 5 aromatic rings. The van der Waals surface area contributed by atoms with Crippen molar-refractivity contribution in [1.82, 2.24) is 14.9 Å². The van der Waals surface area contributed by atoms with Crippen LogP contribution in [0.1, 0.15) is 56.3 Å². The van der Waals surface area contributed by atoms with Gasteiger partial charge in [-0.05, 0) is 42.6 Å². The van der Waals surface area contributed by atoms with E-state index in [4.69, 9.17) is 9.97 Å². The quantitative estimate of drug-likeness (QED) is 0.248. The first kappa shape index (κ1) is 22.3. The van der Waals surface area contributed by atoms with Crippen LogP contribution in [0.15, 0.2) is 103 Å². The highest BCUT2D eigenvalue weighted by Crippen LogP contribution is 2.73. The van der Waals surface area contributed by atoms with Crippen LogP contribution in [-0.4, -0.2) is 39.0 Å². The molecule has 0 saturated carbocycles. The van der Waals surface area contributed by atoms with Gasteiger partial charge in [0, 0.05) is 28.7 Å². The minimum Gasteiger partial charge on any atom is -0.293 e. The van der Waals surface area contributed by atoms with Gasteiger partial charge in [0.1, 0.15) is 11.0 Å². The van der Waals surface area contributed by atoms with Crippen LogP contribution < -0.4 is 0 Å². The summed E-state index contributed by atoms with van der Waals surface area (Å²) in [5, 5.41) is 0. The summed E-state index contributed by atoms with van der Waals surface area (Å²) in [5.74, 6) is -0.501. The predicted molar refractivity (Wildman–Crippen MR) is 152 cm³/mol. The van der Waals surface area contributed by atoms with Crippen molar-refractivity contribution in [3.63, 3.8) is 0 Å². The number of hydrogen-bond donors (Lipinski definition) is 0. The summed E-state index contributed by atoms with van der Waals surface area (Å²) < 4.78 is 0. The van der Waals surface area contributed by atoms with E-state index in [9.17, 15) is 0 Å². The molecule has 2 aliphatic heterocycles. The van der Waals surface area contributed by atoms with Crippen molar-refractivity contribution in [1.29, 1.82) is 0 Å². The van der Waals surface area contributed by atoms with E-state index in [1.807, 2.05) is 78.9 Å². The number of Topliss-reactive ketones (excluding diaryl/α,β-unsaturated/α-hetero) is 2. The number of carbonyl (C=O) groups is 2. The van der Waals surface area contributed by atoms with Crippen molar-refractivity contribution in [3.8, 4) is 11.3 Å². The number of carbonyl (C=O) groups excluding carboxylic acids is 2. The molecule has 40 heavy (non-hydrogen) atoms. The van der Waals surface area contributed by atoms with Crippen LogP contribution in [0.3, 0.4) is 0 Å². The Kier molecular flexibility index (Phi) is 4.24. The highest BCUT2D eigenvalue weighted by molar-refractivity contribution is 6.32. The first-order valence-electron chi connectivity index (χ1n) is 14.1. The molecule has 0 N–H and O–H groups in total. The first-order chi connectivity index (χ1) is 19.7. The molecule has 4 aromatic carbocycles. The SMILES string of the molecule is O=C1c2ccccc2C(=O)C12[C@@H](c1ccccc1)[C@@H]1CCCN1[C@@]21c2ccccc2-c2nc3ccccc3nc21. The molecule has 3 heterocycles. The van der Waals surface area contributed by atoms with Gasteiger partial charge in [0.05, 0.1) is 22.4 Å². The summed E-state index contributed by atoms with van der Waals surface area (Å²) in [4.78, 5) is 43.4. The number of benzene rings is 4. The predicted octanol–water partition coefficient (Wildman–Crippen LogP) is 6.18. The third-order valence-electron chi connectivity index (χ3n) is 9.93. The van der Waals surface area contributed by atoms with E-state index in [0.717, 1.165) is 58.5 Å². The van der Waals surface area contributed by atoms with Crippen molar-refractivity contribution in [2.45, 2.75) is 30.3 Å². The van der Waals surface area contributed by atoms with Crippen molar-refractivity contribution >= 4 is 22.6 Å². The van der Waals surface area contributed by atoms with Crippen LogP contribution >= 0.6 is 0 Å². The van der Waals surface area contributed by atoms with E-state index in [1.54, 1.807) is 0 Å². The Morgan fingerprint density at radius 2 is 1.27 bits per heavy atom. The van der Waals surface area contributed by atoms with Gasteiger partial charge in [-0.15, -0.1) is 0 Å². The highest BCUT2D eigenvalue weighted by atomic mass is 16.2. The van der Waals surface area contributed by atoms with E-state index in [2.05, 4.69) is 29.2 Å². The molecule has 192 valence electrons. The molecular weight excluding hydrogens is 494 g/mol. The summed E-state index contributed by atoms with van der Waals surface area (Å²) in [6.45, 7) is 0.787. The van der Waals surface area contributed by atoms with Gasteiger partial charge in [-0.3, -0.25) is 14.5 Å². The number of para-hydroxylation sites is 2. The van der Waals surface area contributed by atoms with Gasteiger partial charge in [-0.1, -0.05) is 91.0 Å². The molecule has 5 nitrogen and oxygen atoms in total. The molecule has 2 spiro atoms. The van der Waals surface area contributed by atoms with E-state index in [1.165, 1.54) is 0 Å². The van der Waals surface area contributed by atoms with Crippen LogP contribution in [0.4, 0.5) is 0 Å². The molecule has 3 atom stereocenters. The number of fused-ring (bicyclic) bond motifs is 10. The minimum absolute atomic E-state index is 0.0110. The number of aromatic nitrogens is 2. The Morgan fingerprint density at radius 3 is 2.00 bits per heavy atom. The van der Waals surface area contributed by atoms with Crippen molar-refractivity contribution in [2.24, 2.45) is 5.41 Å². The van der Waals surface area contributed by atoms with Crippen LogP contribution in [0.25, 0.3) is 22.3 Å². The van der Waals surface area contributed by atoms with Crippen LogP contribution in [0.5, 0.6) is 0 Å². The average Bonchev–Trinajstić information content (AvgIpc) is 3.71. The zero-order chi connectivity index (χ0) is 26.6. The molecule has 0 bridgehead atoms. The summed E-state index contributed by atoms with van der Waals surface area (Å²) >= 11 is 0. The third-order valence-corrected chi connectivity index (χ3v) is 9.93. The maximum Gasteiger partial charge on any atom is 0.180 e. The van der Waals surface area contributed by atoms with Gasteiger partial charge >= 0.3 is 0 Å². The second kappa shape index (κ2) is 7.58. The summed E-state index contributed by atoms with van der Waals surface area (Å²) in [6.07, 6.45) is 1.91. The van der Waals surface area contributed by atoms with Crippen LogP contribution in [0.2, 0.25) is 0 Å². The molecular formula is C35H25N3O2. The van der Waals surface area contributed by atoms with Crippen molar-refractivity contribution in [2.75, 3.05) is 6.54 Å². The molecule has 0 unspecified atom stereocenters. The van der Waals surface area contributed by atoms with Gasteiger partial charge in [0.15, 0.2) is 11.6 Å². The lowest BCUT2D eigenvalue weighted by Crippen LogP contribution is -2.57. The van der Waals surface area contributed by atoms with Gasteiger partial charge < -0.3 is 0 Å². The molecule has 2 fully saturated rings. The second-order valence-electron chi connectivity index (χ2n) is 11.5. The lowest BCUT2D eigenvalue weighted by atomic mass is 9.56. The maximum absolute atomic E-state index is 15.2. The van der Waals surface area contributed by atoms with Gasteiger partial charge in [0.25, 0.3) is 0 Å². The number of rotatable bonds is 1. The monoisotopic (exact) mass is 519 g/mol. The first-order valence-corrected chi connectivity index (χ1v) is 14.1. The lowest BCUT2D eigenvalue weighted by Gasteiger charge is -2.45. The Hall–Kier alpha value is -4.48. The second-order valence-corrected chi connectivity index (χ2v) is 11.5. The largest absolute Gasteiger partial charge is 0.293 e. The van der Waals surface area contributed by atoms with Gasteiger partial charge in [-0.25, -0.2) is 9.97 Å². The van der Waals surface area contributed by atoms with Gasteiger partial charge in [0.2, 0.25) is 0 Å². The Balaban J connectivity index is 1.49. The van der Waals surface area contributed by atoms with Crippen LogP contribution in [-0.2, 0) is 5.54 Å². The molecule has 0 amide bonds. The Morgan fingerprint density at radius 1 is 0.675 bits per heavy atom. The number of nitrogens with zero attached hydrogens (tertiary/aromatic N) is 3.